The summed E-state index contributed by atoms with van der Waals surface area (Å²) in [6.07, 6.45) is 3.78. The number of aryl methyl sites for hydroxylation is 1. The summed E-state index contributed by atoms with van der Waals surface area (Å²) in [5.74, 6) is -0.172. The Morgan fingerprint density at radius 3 is 2.76 bits per heavy atom. The molecule has 8 nitrogen and oxygen atoms in total. The molecule has 0 bridgehead atoms. The molecule has 0 aliphatic carbocycles. The molecule has 0 spiro atoms. The standard InChI is InChI=1S/C13H17N5O3/c1-7(9-5-14-15-6-9)16-11(19)4-3-10-8(2)17-13(21)18-12(10)20/h5-7H,3-4H2,1-2H3,(H,14,15)(H,16,19)(H2,17,18,20,21). The maximum absolute atomic E-state index is 11.9. The maximum atomic E-state index is 11.9. The van der Waals surface area contributed by atoms with E-state index >= 15 is 0 Å². The van der Waals surface area contributed by atoms with Crippen LogP contribution in [0.1, 0.15) is 36.2 Å². The number of amides is 1. The minimum Gasteiger partial charge on any atom is -0.349 e. The van der Waals surface area contributed by atoms with E-state index < -0.39 is 11.2 Å². The summed E-state index contributed by atoms with van der Waals surface area (Å²) in [6.45, 7) is 3.48. The zero-order valence-corrected chi connectivity index (χ0v) is 11.8. The Hall–Kier alpha value is -2.64. The molecular weight excluding hydrogens is 274 g/mol. The second-order valence-corrected chi connectivity index (χ2v) is 4.83. The van der Waals surface area contributed by atoms with E-state index in [1.54, 1.807) is 19.3 Å². The van der Waals surface area contributed by atoms with Gasteiger partial charge in [-0.15, -0.1) is 0 Å². The molecule has 2 rings (SSSR count). The van der Waals surface area contributed by atoms with Gasteiger partial charge in [-0.25, -0.2) is 4.79 Å². The number of H-pyrrole nitrogens is 3. The number of carbonyl (C=O) groups excluding carboxylic acids is 1. The number of carbonyl (C=O) groups is 1. The van der Waals surface area contributed by atoms with E-state index in [9.17, 15) is 14.4 Å². The van der Waals surface area contributed by atoms with Gasteiger partial charge in [0.15, 0.2) is 0 Å². The summed E-state index contributed by atoms with van der Waals surface area (Å²) in [6, 6.07) is -0.161. The Kier molecular flexibility index (Phi) is 4.36. The molecule has 2 aromatic rings. The van der Waals surface area contributed by atoms with Crippen LogP contribution < -0.4 is 16.6 Å². The fourth-order valence-electron chi connectivity index (χ4n) is 2.06. The van der Waals surface area contributed by atoms with Crippen molar-refractivity contribution in [1.82, 2.24) is 25.5 Å². The van der Waals surface area contributed by atoms with Crippen molar-refractivity contribution in [3.63, 3.8) is 0 Å². The van der Waals surface area contributed by atoms with Crippen molar-refractivity contribution in [2.45, 2.75) is 32.7 Å². The second kappa shape index (κ2) is 6.21. The lowest BCUT2D eigenvalue weighted by Gasteiger charge is -2.12. The average molecular weight is 291 g/mol. The molecule has 0 aromatic carbocycles. The summed E-state index contributed by atoms with van der Waals surface area (Å²) in [7, 11) is 0. The highest BCUT2D eigenvalue weighted by molar-refractivity contribution is 5.76. The molecule has 21 heavy (non-hydrogen) atoms. The topological polar surface area (TPSA) is 124 Å². The van der Waals surface area contributed by atoms with Crippen molar-refractivity contribution >= 4 is 5.91 Å². The van der Waals surface area contributed by atoms with Crippen molar-refractivity contribution < 1.29 is 4.79 Å². The van der Waals surface area contributed by atoms with Gasteiger partial charge in [-0.1, -0.05) is 0 Å². The Morgan fingerprint density at radius 1 is 1.38 bits per heavy atom. The zero-order chi connectivity index (χ0) is 15.4. The lowest BCUT2D eigenvalue weighted by molar-refractivity contribution is -0.121. The molecule has 8 heteroatoms. The first-order valence-corrected chi connectivity index (χ1v) is 6.57. The molecule has 1 amide bonds. The van der Waals surface area contributed by atoms with Gasteiger partial charge in [0.05, 0.1) is 12.2 Å². The largest absolute Gasteiger partial charge is 0.349 e. The van der Waals surface area contributed by atoms with Gasteiger partial charge >= 0.3 is 5.69 Å². The van der Waals surface area contributed by atoms with Gasteiger partial charge in [0.1, 0.15) is 0 Å². The minimum atomic E-state index is -0.542. The number of aromatic nitrogens is 4. The van der Waals surface area contributed by atoms with Crippen LogP contribution in [0.3, 0.4) is 0 Å². The van der Waals surface area contributed by atoms with Gasteiger partial charge in [0, 0.05) is 29.4 Å². The molecule has 0 saturated carbocycles. The predicted octanol–water partition coefficient (Wildman–Crippen LogP) is -0.0953. The Labute approximate surface area is 120 Å². The van der Waals surface area contributed by atoms with Crippen molar-refractivity contribution in [1.29, 1.82) is 0 Å². The third-order valence-electron chi connectivity index (χ3n) is 3.25. The van der Waals surface area contributed by atoms with Crippen LogP contribution >= 0.6 is 0 Å². The zero-order valence-electron chi connectivity index (χ0n) is 11.8. The Balaban J connectivity index is 1.96. The Bertz CT molecular complexity index is 729. The fourth-order valence-corrected chi connectivity index (χ4v) is 2.06. The van der Waals surface area contributed by atoms with Gasteiger partial charge in [-0.2, -0.15) is 5.10 Å². The molecule has 2 heterocycles. The Morgan fingerprint density at radius 2 is 2.14 bits per heavy atom. The van der Waals surface area contributed by atoms with Crippen molar-refractivity contribution in [2.24, 2.45) is 0 Å². The summed E-state index contributed by atoms with van der Waals surface area (Å²) >= 11 is 0. The average Bonchev–Trinajstić information content (AvgIpc) is 2.91. The van der Waals surface area contributed by atoms with E-state index in [-0.39, 0.29) is 24.8 Å². The van der Waals surface area contributed by atoms with E-state index in [1.165, 1.54) is 0 Å². The third-order valence-corrected chi connectivity index (χ3v) is 3.25. The lowest BCUT2D eigenvalue weighted by Crippen LogP contribution is -2.30. The highest BCUT2D eigenvalue weighted by Gasteiger charge is 2.12. The van der Waals surface area contributed by atoms with Gasteiger partial charge in [0.2, 0.25) is 5.91 Å². The van der Waals surface area contributed by atoms with Gasteiger partial charge in [-0.05, 0) is 20.3 Å². The van der Waals surface area contributed by atoms with Gasteiger partial charge < -0.3 is 10.3 Å². The predicted molar refractivity (Wildman–Crippen MR) is 75.9 cm³/mol. The summed E-state index contributed by atoms with van der Waals surface area (Å²) in [5.41, 5.74) is 0.785. The molecule has 0 saturated heterocycles. The number of nitrogens with one attached hydrogen (secondary N) is 4. The van der Waals surface area contributed by atoms with Gasteiger partial charge in [-0.3, -0.25) is 19.7 Å². The molecule has 0 aliphatic heterocycles. The SMILES string of the molecule is Cc1[nH]c(=O)[nH]c(=O)c1CCC(=O)NC(C)c1cn[nH]c1. The van der Waals surface area contributed by atoms with E-state index in [0.29, 0.717) is 11.3 Å². The molecular formula is C13H17N5O3. The molecule has 1 unspecified atom stereocenters. The first-order valence-electron chi connectivity index (χ1n) is 6.57. The monoisotopic (exact) mass is 291 g/mol. The highest BCUT2D eigenvalue weighted by Crippen LogP contribution is 2.09. The van der Waals surface area contributed by atoms with E-state index in [1.807, 2.05) is 6.92 Å². The molecule has 112 valence electrons. The second-order valence-electron chi connectivity index (χ2n) is 4.83. The fraction of sp³-hybridized carbons (Fsp3) is 0.385. The molecule has 1 atom stereocenters. The lowest BCUT2D eigenvalue weighted by atomic mass is 10.1. The van der Waals surface area contributed by atoms with Crippen LogP contribution in [-0.4, -0.2) is 26.1 Å². The molecule has 0 radical (unpaired) electrons. The maximum Gasteiger partial charge on any atom is 0.325 e. The normalized spacial score (nSPS) is 12.1. The van der Waals surface area contributed by atoms with Crippen LogP contribution in [0.4, 0.5) is 0 Å². The highest BCUT2D eigenvalue weighted by atomic mass is 16.2. The molecule has 2 aromatic heterocycles. The van der Waals surface area contributed by atoms with E-state index in [4.69, 9.17) is 0 Å². The van der Waals surface area contributed by atoms with Crippen molar-refractivity contribution in [3.8, 4) is 0 Å². The first-order chi connectivity index (χ1) is 9.97. The quantitative estimate of drug-likeness (QED) is 0.614. The smallest absolute Gasteiger partial charge is 0.325 e. The molecule has 4 N–H and O–H groups in total. The van der Waals surface area contributed by atoms with E-state index in [0.717, 1.165) is 5.56 Å². The van der Waals surface area contributed by atoms with Crippen LogP contribution in [0.15, 0.2) is 22.0 Å². The summed E-state index contributed by atoms with van der Waals surface area (Å²) < 4.78 is 0. The summed E-state index contributed by atoms with van der Waals surface area (Å²) in [4.78, 5) is 39.3. The first kappa shape index (κ1) is 14.8. The number of hydrogen-bond donors (Lipinski definition) is 4. The van der Waals surface area contributed by atoms with Gasteiger partial charge in [0.25, 0.3) is 5.56 Å². The van der Waals surface area contributed by atoms with E-state index in [2.05, 4.69) is 25.5 Å². The van der Waals surface area contributed by atoms with Crippen LogP contribution in [0, 0.1) is 6.92 Å². The molecule has 0 aliphatic rings. The van der Waals surface area contributed by atoms with Crippen LogP contribution in [0.25, 0.3) is 0 Å². The minimum absolute atomic E-state index is 0.161. The third kappa shape index (κ3) is 3.68. The van der Waals surface area contributed by atoms with Crippen LogP contribution in [0.5, 0.6) is 0 Å². The van der Waals surface area contributed by atoms with Crippen LogP contribution in [0.2, 0.25) is 0 Å². The number of rotatable bonds is 5. The summed E-state index contributed by atoms with van der Waals surface area (Å²) in [5, 5.41) is 9.32. The number of aromatic amines is 3. The van der Waals surface area contributed by atoms with Crippen LogP contribution in [-0.2, 0) is 11.2 Å². The molecule has 0 fully saturated rings. The number of hydrogen-bond acceptors (Lipinski definition) is 4. The van der Waals surface area contributed by atoms with Crippen molar-refractivity contribution in [2.75, 3.05) is 0 Å². The van der Waals surface area contributed by atoms with Crippen molar-refractivity contribution in [3.05, 3.63) is 50.1 Å². The number of nitrogens with zero attached hydrogens (tertiary/aromatic N) is 1.